The van der Waals surface area contributed by atoms with Crippen molar-refractivity contribution in [2.45, 2.75) is 6.54 Å². The second kappa shape index (κ2) is 6.21. The number of rotatable bonds is 4. The summed E-state index contributed by atoms with van der Waals surface area (Å²) in [7, 11) is 0. The molecule has 92 valence electrons. The molecule has 0 aliphatic carbocycles. The summed E-state index contributed by atoms with van der Waals surface area (Å²) >= 11 is 3.38. The van der Waals surface area contributed by atoms with Gasteiger partial charge in [-0.3, -0.25) is 4.79 Å². The number of hydrogen-bond acceptors (Lipinski definition) is 2. The molecule has 0 fully saturated rings. The molecule has 0 unspecified atom stereocenters. The van der Waals surface area contributed by atoms with Crippen molar-refractivity contribution in [3.63, 3.8) is 0 Å². The van der Waals surface area contributed by atoms with Crippen LogP contribution in [0.15, 0.2) is 57.6 Å². The van der Waals surface area contributed by atoms with E-state index in [0.29, 0.717) is 6.54 Å². The Hall–Kier alpha value is -1.81. The molecule has 18 heavy (non-hydrogen) atoms. The van der Waals surface area contributed by atoms with Crippen molar-refractivity contribution in [3.8, 4) is 0 Å². The van der Waals surface area contributed by atoms with Gasteiger partial charge >= 0.3 is 0 Å². The van der Waals surface area contributed by atoms with E-state index in [-0.39, 0.29) is 5.91 Å². The van der Waals surface area contributed by atoms with Crippen LogP contribution in [-0.2, 0) is 11.3 Å². The maximum absolute atomic E-state index is 11.5. The van der Waals surface area contributed by atoms with E-state index >= 15 is 0 Å². The van der Waals surface area contributed by atoms with Gasteiger partial charge in [-0.25, -0.2) is 0 Å². The second-order valence-corrected chi connectivity index (χ2v) is 4.60. The van der Waals surface area contributed by atoms with Crippen LogP contribution >= 0.6 is 15.9 Å². The predicted octanol–water partition coefficient (Wildman–Crippen LogP) is 3.37. The van der Waals surface area contributed by atoms with Crippen LogP contribution in [-0.4, -0.2) is 5.91 Å². The molecule has 2 rings (SSSR count). The first kappa shape index (κ1) is 12.6. The van der Waals surface area contributed by atoms with Gasteiger partial charge in [-0.05, 0) is 35.9 Å². The fourth-order valence-electron chi connectivity index (χ4n) is 1.43. The van der Waals surface area contributed by atoms with Crippen molar-refractivity contribution in [2.24, 2.45) is 0 Å². The molecule has 0 saturated carbocycles. The van der Waals surface area contributed by atoms with Crippen LogP contribution in [0.1, 0.15) is 11.3 Å². The zero-order valence-electron chi connectivity index (χ0n) is 9.60. The molecule has 0 saturated heterocycles. The Morgan fingerprint density at radius 1 is 1.33 bits per heavy atom. The normalized spacial score (nSPS) is 10.7. The summed E-state index contributed by atoms with van der Waals surface area (Å²) in [5, 5.41) is 2.74. The Morgan fingerprint density at radius 3 is 2.94 bits per heavy atom. The standard InChI is InChI=1S/C14H12BrNO2/c15-12-4-1-3-11(9-12)6-7-14(17)16-10-13-5-2-8-18-13/h1-9H,10H2,(H,16,17)/b7-6+. The van der Waals surface area contributed by atoms with Crippen LogP contribution in [0.4, 0.5) is 0 Å². The number of carbonyl (C=O) groups excluding carboxylic acids is 1. The molecule has 0 radical (unpaired) electrons. The smallest absolute Gasteiger partial charge is 0.244 e. The van der Waals surface area contributed by atoms with Crippen molar-refractivity contribution < 1.29 is 9.21 Å². The molecule has 1 amide bonds. The number of nitrogens with one attached hydrogen (secondary N) is 1. The lowest BCUT2D eigenvalue weighted by Gasteiger charge is -1.98. The number of carbonyl (C=O) groups is 1. The average Bonchev–Trinajstić information content (AvgIpc) is 2.87. The summed E-state index contributed by atoms with van der Waals surface area (Å²) in [4.78, 5) is 11.5. The highest BCUT2D eigenvalue weighted by atomic mass is 79.9. The Labute approximate surface area is 114 Å². The molecule has 2 aromatic rings. The van der Waals surface area contributed by atoms with Gasteiger partial charge in [-0.15, -0.1) is 0 Å². The molecule has 1 aromatic carbocycles. The minimum absolute atomic E-state index is 0.147. The number of furan rings is 1. The molecule has 3 nitrogen and oxygen atoms in total. The van der Waals surface area contributed by atoms with Gasteiger partial charge in [0, 0.05) is 10.5 Å². The van der Waals surface area contributed by atoms with E-state index in [1.165, 1.54) is 6.08 Å². The van der Waals surface area contributed by atoms with Crippen molar-refractivity contribution in [3.05, 3.63) is 64.5 Å². The summed E-state index contributed by atoms with van der Waals surface area (Å²) in [5.41, 5.74) is 0.970. The highest BCUT2D eigenvalue weighted by Crippen LogP contribution is 2.12. The SMILES string of the molecule is O=C(/C=C/c1cccc(Br)c1)NCc1ccco1. The van der Waals surface area contributed by atoms with E-state index in [4.69, 9.17) is 4.42 Å². The van der Waals surface area contributed by atoms with E-state index in [9.17, 15) is 4.79 Å². The first-order valence-electron chi connectivity index (χ1n) is 5.48. The molecular weight excluding hydrogens is 294 g/mol. The quantitative estimate of drug-likeness (QED) is 0.880. The minimum atomic E-state index is -0.147. The molecule has 0 bridgehead atoms. The Morgan fingerprint density at radius 2 is 2.22 bits per heavy atom. The monoisotopic (exact) mass is 305 g/mol. The van der Waals surface area contributed by atoms with Gasteiger partial charge in [0.05, 0.1) is 12.8 Å². The van der Waals surface area contributed by atoms with Crippen LogP contribution in [0.5, 0.6) is 0 Å². The summed E-state index contributed by atoms with van der Waals surface area (Å²) in [6.45, 7) is 0.397. The summed E-state index contributed by atoms with van der Waals surface area (Å²) in [5.74, 6) is 0.589. The summed E-state index contributed by atoms with van der Waals surface area (Å²) in [6, 6.07) is 11.3. The fourth-order valence-corrected chi connectivity index (χ4v) is 1.85. The highest BCUT2D eigenvalue weighted by molar-refractivity contribution is 9.10. The van der Waals surface area contributed by atoms with E-state index in [2.05, 4.69) is 21.2 Å². The van der Waals surface area contributed by atoms with Gasteiger partial charge in [-0.2, -0.15) is 0 Å². The summed E-state index contributed by atoms with van der Waals surface area (Å²) < 4.78 is 6.10. The first-order chi connectivity index (χ1) is 8.74. The Balaban J connectivity index is 1.87. The molecule has 0 atom stereocenters. The number of amides is 1. The molecular formula is C14H12BrNO2. The van der Waals surface area contributed by atoms with Gasteiger partial charge in [0.15, 0.2) is 0 Å². The van der Waals surface area contributed by atoms with Gasteiger partial charge in [0.2, 0.25) is 5.91 Å². The van der Waals surface area contributed by atoms with E-state index in [1.54, 1.807) is 18.4 Å². The molecule has 0 aliphatic rings. The molecule has 0 spiro atoms. The van der Waals surface area contributed by atoms with Gasteiger partial charge in [0.25, 0.3) is 0 Å². The largest absolute Gasteiger partial charge is 0.467 e. The number of halogens is 1. The predicted molar refractivity (Wildman–Crippen MR) is 73.7 cm³/mol. The molecule has 1 aromatic heterocycles. The maximum Gasteiger partial charge on any atom is 0.244 e. The van der Waals surface area contributed by atoms with Crippen molar-refractivity contribution in [1.29, 1.82) is 0 Å². The van der Waals surface area contributed by atoms with Gasteiger partial charge < -0.3 is 9.73 Å². The topological polar surface area (TPSA) is 42.2 Å². The Bertz CT molecular complexity index is 547. The zero-order valence-corrected chi connectivity index (χ0v) is 11.2. The average molecular weight is 306 g/mol. The van der Waals surface area contributed by atoms with Crippen molar-refractivity contribution in [1.82, 2.24) is 5.32 Å². The van der Waals surface area contributed by atoms with Crippen LogP contribution in [0.25, 0.3) is 6.08 Å². The number of benzene rings is 1. The third-order valence-electron chi connectivity index (χ3n) is 2.29. The van der Waals surface area contributed by atoms with Gasteiger partial charge in [0.1, 0.15) is 5.76 Å². The lowest BCUT2D eigenvalue weighted by atomic mass is 10.2. The van der Waals surface area contributed by atoms with Crippen LogP contribution in [0, 0.1) is 0 Å². The van der Waals surface area contributed by atoms with E-state index < -0.39 is 0 Å². The third kappa shape index (κ3) is 3.89. The summed E-state index contributed by atoms with van der Waals surface area (Å²) in [6.07, 6.45) is 4.85. The van der Waals surface area contributed by atoms with Crippen LogP contribution < -0.4 is 5.32 Å². The van der Waals surface area contributed by atoms with E-state index in [0.717, 1.165) is 15.8 Å². The lowest BCUT2D eigenvalue weighted by molar-refractivity contribution is -0.116. The van der Waals surface area contributed by atoms with Crippen LogP contribution in [0.3, 0.4) is 0 Å². The van der Waals surface area contributed by atoms with Crippen LogP contribution in [0.2, 0.25) is 0 Å². The molecule has 1 heterocycles. The minimum Gasteiger partial charge on any atom is -0.467 e. The van der Waals surface area contributed by atoms with Gasteiger partial charge in [-0.1, -0.05) is 28.1 Å². The third-order valence-corrected chi connectivity index (χ3v) is 2.79. The maximum atomic E-state index is 11.5. The van der Waals surface area contributed by atoms with Crippen molar-refractivity contribution >= 4 is 27.9 Å². The second-order valence-electron chi connectivity index (χ2n) is 3.69. The van der Waals surface area contributed by atoms with Crippen molar-refractivity contribution in [2.75, 3.05) is 0 Å². The Kier molecular flexibility index (Phi) is 4.36. The zero-order chi connectivity index (χ0) is 12.8. The molecule has 4 heteroatoms. The highest BCUT2D eigenvalue weighted by Gasteiger charge is 1.98. The molecule has 1 N–H and O–H groups in total. The lowest BCUT2D eigenvalue weighted by Crippen LogP contribution is -2.19. The molecule has 0 aliphatic heterocycles. The first-order valence-corrected chi connectivity index (χ1v) is 6.27. The fraction of sp³-hybridized carbons (Fsp3) is 0.0714. The number of hydrogen-bond donors (Lipinski definition) is 1. The van der Waals surface area contributed by atoms with E-state index in [1.807, 2.05) is 30.3 Å².